The van der Waals surface area contributed by atoms with Crippen LogP contribution in [0.25, 0.3) is 0 Å². The van der Waals surface area contributed by atoms with E-state index in [1.165, 1.54) is 6.08 Å². The summed E-state index contributed by atoms with van der Waals surface area (Å²) in [6, 6.07) is 0. The normalized spacial score (nSPS) is 36.5. The second-order valence-corrected chi connectivity index (χ2v) is 13.6. The van der Waals surface area contributed by atoms with Crippen molar-refractivity contribution in [1.82, 2.24) is 5.32 Å². The van der Waals surface area contributed by atoms with E-state index in [2.05, 4.69) is 10.2 Å². The predicted molar refractivity (Wildman–Crippen MR) is 158 cm³/mol. The van der Waals surface area contributed by atoms with Gasteiger partial charge < -0.3 is 24.7 Å². The molecule has 0 unspecified atom stereocenters. The summed E-state index contributed by atoms with van der Waals surface area (Å²) in [4.78, 5) is 76.8. The van der Waals surface area contributed by atoms with Gasteiger partial charge in [0.25, 0.3) is 5.09 Å². The number of carbonyl (C=O) groups excluding carboxylic acids is 5. The van der Waals surface area contributed by atoms with Crippen LogP contribution >= 0.6 is 11.6 Å². The van der Waals surface area contributed by atoms with Crippen molar-refractivity contribution in [3.05, 3.63) is 33.9 Å². The average Bonchev–Trinajstić information content (AvgIpc) is 3.20. The van der Waals surface area contributed by atoms with Crippen molar-refractivity contribution >= 4 is 41.0 Å². The van der Waals surface area contributed by atoms with E-state index in [0.717, 1.165) is 5.57 Å². The number of ketones is 2. The van der Waals surface area contributed by atoms with Crippen LogP contribution in [0, 0.1) is 38.7 Å². The third kappa shape index (κ3) is 5.77. The summed E-state index contributed by atoms with van der Waals surface area (Å²) < 4.78 is 11.3. The van der Waals surface area contributed by atoms with Crippen molar-refractivity contribution in [1.29, 1.82) is 0 Å². The minimum absolute atomic E-state index is 0.00248. The molecule has 4 rings (SSSR count). The molecule has 2 N–H and O–H groups in total. The average molecular weight is 653 g/mol. The van der Waals surface area contributed by atoms with Crippen LogP contribution in [-0.2, 0) is 38.3 Å². The minimum atomic E-state index is -1.72. The molecule has 0 heterocycles. The van der Waals surface area contributed by atoms with Gasteiger partial charge in [-0.05, 0) is 56.1 Å². The van der Waals surface area contributed by atoms with Gasteiger partial charge in [-0.15, -0.1) is 21.7 Å². The van der Waals surface area contributed by atoms with Crippen molar-refractivity contribution in [2.75, 3.05) is 19.8 Å². The first-order valence-corrected chi connectivity index (χ1v) is 15.7. The summed E-state index contributed by atoms with van der Waals surface area (Å²) in [6.07, 6.45) is 5.29. The topological polar surface area (TPSA) is 188 Å². The molecule has 0 aromatic carbocycles. The molecule has 4 aliphatic carbocycles. The highest BCUT2D eigenvalue weighted by Gasteiger charge is 2.76. The molecule has 0 aromatic rings. The number of fused-ring (bicyclic) bond motifs is 5. The Balaban J connectivity index is 1.54. The molecule has 0 bridgehead atoms. The number of halogens is 1. The van der Waals surface area contributed by atoms with Gasteiger partial charge in [-0.2, -0.15) is 0 Å². The van der Waals surface area contributed by atoms with Crippen LogP contribution < -0.4 is 5.32 Å². The molecule has 3 fully saturated rings. The summed E-state index contributed by atoms with van der Waals surface area (Å²) in [5.74, 6) is -3.87. The number of allylic oxidation sites excluding steroid dienone is 4. The van der Waals surface area contributed by atoms with Gasteiger partial charge in [0.2, 0.25) is 11.7 Å². The molecule has 0 aliphatic heterocycles. The molecular weight excluding hydrogens is 612 g/mol. The van der Waals surface area contributed by atoms with Gasteiger partial charge in [0.1, 0.15) is 6.54 Å². The zero-order chi connectivity index (χ0) is 33.4. The van der Waals surface area contributed by atoms with Gasteiger partial charge in [-0.25, -0.2) is 0 Å². The van der Waals surface area contributed by atoms with E-state index in [1.807, 2.05) is 20.8 Å². The Morgan fingerprint density at radius 2 is 1.91 bits per heavy atom. The van der Waals surface area contributed by atoms with Gasteiger partial charge in [0, 0.05) is 29.6 Å². The first-order chi connectivity index (χ1) is 21.1. The van der Waals surface area contributed by atoms with Crippen LogP contribution in [0.5, 0.6) is 0 Å². The van der Waals surface area contributed by atoms with Crippen LogP contribution in [0.2, 0.25) is 0 Å². The van der Waals surface area contributed by atoms with Gasteiger partial charge in [-0.3, -0.25) is 24.0 Å². The zero-order valence-electron chi connectivity index (χ0n) is 26.0. The van der Waals surface area contributed by atoms with Crippen molar-refractivity contribution < 1.29 is 48.5 Å². The summed E-state index contributed by atoms with van der Waals surface area (Å²) in [5, 5.41) is 23.4. The van der Waals surface area contributed by atoms with E-state index < -0.39 is 75.2 Å². The molecule has 0 spiro atoms. The van der Waals surface area contributed by atoms with Crippen molar-refractivity contribution in [2.24, 2.45) is 28.6 Å². The molecule has 0 saturated heterocycles. The fourth-order valence-electron chi connectivity index (χ4n) is 8.59. The monoisotopic (exact) mass is 652 g/mol. The third-order valence-electron chi connectivity index (χ3n) is 10.7. The zero-order valence-corrected chi connectivity index (χ0v) is 26.7. The summed E-state index contributed by atoms with van der Waals surface area (Å²) in [5.41, 5.74) is -2.72. The molecule has 14 heteroatoms. The highest BCUT2D eigenvalue weighted by Crippen LogP contribution is 2.72. The molecule has 0 aromatic heterocycles. The van der Waals surface area contributed by atoms with E-state index in [1.54, 1.807) is 19.1 Å². The molecule has 1 amide bonds. The van der Waals surface area contributed by atoms with Gasteiger partial charge in [0.15, 0.2) is 18.0 Å². The van der Waals surface area contributed by atoms with Gasteiger partial charge in [0.05, 0.1) is 17.6 Å². The lowest BCUT2D eigenvalue weighted by Crippen LogP contribution is -2.69. The Labute approximate surface area is 266 Å². The lowest BCUT2D eigenvalue weighted by molar-refractivity contribution is -0.757. The van der Waals surface area contributed by atoms with Gasteiger partial charge in [-0.1, -0.05) is 39.3 Å². The van der Waals surface area contributed by atoms with Crippen molar-refractivity contribution in [3.63, 3.8) is 0 Å². The van der Waals surface area contributed by atoms with E-state index in [4.69, 9.17) is 21.1 Å². The number of ether oxygens (including phenoxy) is 2. The third-order valence-corrected chi connectivity index (χ3v) is 11.6. The maximum Gasteiger partial charge on any atom is 0.325 e. The number of rotatable bonds is 12. The predicted octanol–water partition coefficient (Wildman–Crippen LogP) is 2.78. The van der Waals surface area contributed by atoms with E-state index in [-0.39, 0.29) is 49.9 Å². The molecular formula is C31H41ClN2O11. The number of Topliss-reactive ketones (excluding diaryl/α,β-unsaturated/α-hetero) is 1. The number of hydrogen-bond donors (Lipinski definition) is 2. The van der Waals surface area contributed by atoms with E-state index in [9.17, 15) is 39.2 Å². The van der Waals surface area contributed by atoms with Crippen LogP contribution in [0.3, 0.4) is 0 Å². The fraction of sp³-hybridized carbons (Fsp3) is 0.710. The highest BCUT2D eigenvalue weighted by molar-refractivity contribution is 6.26. The van der Waals surface area contributed by atoms with Crippen LogP contribution in [-0.4, -0.2) is 75.9 Å². The number of nitrogens with one attached hydrogen (secondary N) is 1. The number of hydrogen-bond acceptors (Lipinski definition) is 11. The molecule has 13 nitrogen and oxygen atoms in total. The largest absolute Gasteiger partial charge is 0.456 e. The van der Waals surface area contributed by atoms with Crippen molar-refractivity contribution in [3.8, 4) is 0 Å². The number of nitrogens with zero attached hydrogens (tertiary/aromatic N) is 1. The summed E-state index contributed by atoms with van der Waals surface area (Å²) in [6.45, 7) is 5.64. The molecule has 8 atom stereocenters. The Hall–Kier alpha value is -3.32. The Morgan fingerprint density at radius 1 is 1.20 bits per heavy atom. The number of alkyl halides is 1. The molecule has 3 saturated carbocycles. The lowest BCUT2D eigenvalue weighted by atomic mass is 9.45. The Bertz CT molecular complexity index is 1330. The molecule has 45 heavy (non-hydrogen) atoms. The lowest BCUT2D eigenvalue weighted by Gasteiger charge is -2.64. The quantitative estimate of drug-likeness (QED) is 0.104. The fourth-order valence-corrected chi connectivity index (χ4v) is 9.11. The second-order valence-electron chi connectivity index (χ2n) is 13.0. The minimum Gasteiger partial charge on any atom is -0.456 e. The van der Waals surface area contributed by atoms with E-state index >= 15 is 0 Å². The Morgan fingerprint density at radius 3 is 2.58 bits per heavy atom. The van der Waals surface area contributed by atoms with E-state index in [0.29, 0.717) is 19.3 Å². The number of aliphatic hydroxyl groups excluding tert-OH is 1. The first-order valence-electron chi connectivity index (χ1n) is 15.3. The van der Waals surface area contributed by atoms with Crippen molar-refractivity contribution in [2.45, 2.75) is 89.2 Å². The highest BCUT2D eigenvalue weighted by atomic mass is 35.5. The molecule has 0 radical (unpaired) electrons. The summed E-state index contributed by atoms with van der Waals surface area (Å²) >= 11 is 7.50. The number of amides is 1. The number of carbonyl (C=O) groups is 5. The maximum atomic E-state index is 14.2. The van der Waals surface area contributed by atoms with Crippen LogP contribution in [0.1, 0.15) is 72.6 Å². The van der Waals surface area contributed by atoms with Crippen LogP contribution in [0.4, 0.5) is 0 Å². The first kappa shape index (κ1) is 34.6. The smallest absolute Gasteiger partial charge is 0.325 e. The van der Waals surface area contributed by atoms with Gasteiger partial charge >= 0.3 is 11.9 Å². The number of esters is 2. The van der Waals surface area contributed by atoms with Crippen LogP contribution in [0.15, 0.2) is 23.8 Å². The SMILES string of the molecule is CCC(=O)O[C@]1(C(=O)COC(=O)CNC(=O)CCCO[N+](=O)[O-])[C@@H](C)C[C@H]2[C@@H]3CCC4=CC(=O)C=C[C@]4(C)[C@@]3(Cl)[C@@H](O)C[C@@]21C. The molecule has 4 aliphatic rings. The second kappa shape index (κ2) is 12.8. The maximum absolute atomic E-state index is 14.2. The summed E-state index contributed by atoms with van der Waals surface area (Å²) in [7, 11) is 0. The standard InChI is InChI=1S/C31H41ClN2O11/c1-5-26(39)45-31(24(37)17-43-27(40)16-33-25(38)7-6-12-44-34(41)42)18(2)13-22-21-9-8-19-14-20(35)10-11-28(19,3)30(21,32)23(36)15-29(22,31)4/h10-11,14,18,21-23,36H,5-9,12-13,15-17H2,1-4H3,(H,33,38)/t18-,21-,22-,23-,28-,29-,30-,31-/m0/s1. The molecule has 248 valence electrons. The Kier molecular flexibility index (Phi) is 9.84. The number of aliphatic hydroxyl groups is 1.